The van der Waals surface area contributed by atoms with Gasteiger partial charge in [0.15, 0.2) is 0 Å². The molecule has 5 nitrogen and oxygen atoms in total. The molecule has 3 rings (SSSR count). The first-order valence-corrected chi connectivity index (χ1v) is 7.80. The molecule has 0 radical (unpaired) electrons. The third-order valence-corrected chi connectivity index (χ3v) is 4.63. The van der Waals surface area contributed by atoms with Crippen LogP contribution in [0.5, 0.6) is 0 Å². The monoisotopic (exact) mass is 348 g/mol. The largest absolute Gasteiger partial charge is 0.399 e. The van der Waals surface area contributed by atoms with Gasteiger partial charge in [-0.25, -0.2) is 4.68 Å². The molecular weight excluding hydrogens is 332 g/mol. The highest BCUT2D eigenvalue weighted by atomic mass is 79.9. The van der Waals surface area contributed by atoms with E-state index in [1.165, 1.54) is 15.8 Å². The molecule has 1 aromatic carbocycles. The second-order valence-electron chi connectivity index (χ2n) is 5.19. The van der Waals surface area contributed by atoms with Crippen molar-refractivity contribution in [1.29, 1.82) is 0 Å². The van der Waals surface area contributed by atoms with Crippen LogP contribution in [0.1, 0.15) is 30.5 Å². The fourth-order valence-electron chi connectivity index (χ4n) is 2.77. The summed E-state index contributed by atoms with van der Waals surface area (Å²) in [6.07, 6.45) is 3.68. The van der Waals surface area contributed by atoms with Gasteiger partial charge in [-0.05, 0) is 59.0 Å². The predicted molar refractivity (Wildman–Crippen MR) is 87.4 cm³/mol. The normalized spacial score (nSPS) is 16.8. The van der Waals surface area contributed by atoms with Gasteiger partial charge < -0.3 is 11.1 Å². The zero-order chi connectivity index (χ0) is 15.0. The van der Waals surface area contributed by atoms with Gasteiger partial charge in [0.25, 0.3) is 5.56 Å². The van der Waals surface area contributed by atoms with Crippen LogP contribution in [0.15, 0.2) is 33.7 Å². The number of nitrogens with zero attached hydrogens (tertiary/aromatic N) is 2. The van der Waals surface area contributed by atoms with Crippen LogP contribution in [0.4, 0.5) is 11.4 Å². The Balaban J connectivity index is 1.90. The molecule has 0 bridgehead atoms. The maximum atomic E-state index is 12.1. The molecule has 0 amide bonds. The van der Waals surface area contributed by atoms with Gasteiger partial charge in [-0.2, -0.15) is 5.10 Å². The standard InChI is InChI=1S/C15H17BrN4O/c1-2-20-15(21)14(16)13(8-18-20)19-12-6-3-9-7-10(17)4-5-11(9)12/h4-5,7-8,12,19H,2-3,6,17H2,1H3. The Hall–Kier alpha value is -1.82. The molecule has 1 aliphatic rings. The van der Waals surface area contributed by atoms with Crippen LogP contribution >= 0.6 is 15.9 Å². The third kappa shape index (κ3) is 2.55. The molecule has 1 aromatic heterocycles. The summed E-state index contributed by atoms with van der Waals surface area (Å²) in [6, 6.07) is 6.19. The van der Waals surface area contributed by atoms with E-state index < -0.39 is 0 Å². The number of nitrogens with two attached hydrogens (primary N) is 1. The molecule has 0 saturated heterocycles. The summed E-state index contributed by atoms with van der Waals surface area (Å²) in [4.78, 5) is 12.1. The Labute approximate surface area is 131 Å². The highest BCUT2D eigenvalue weighted by Gasteiger charge is 2.23. The van der Waals surface area contributed by atoms with Gasteiger partial charge in [0, 0.05) is 12.2 Å². The molecule has 110 valence electrons. The van der Waals surface area contributed by atoms with Crippen molar-refractivity contribution in [2.75, 3.05) is 11.1 Å². The van der Waals surface area contributed by atoms with Gasteiger partial charge in [-0.1, -0.05) is 6.07 Å². The summed E-state index contributed by atoms with van der Waals surface area (Å²) in [7, 11) is 0. The first-order chi connectivity index (χ1) is 10.1. The van der Waals surface area contributed by atoms with E-state index in [1.807, 2.05) is 19.1 Å². The van der Waals surface area contributed by atoms with Crippen LogP contribution in [-0.2, 0) is 13.0 Å². The van der Waals surface area contributed by atoms with E-state index >= 15 is 0 Å². The Morgan fingerprint density at radius 1 is 1.52 bits per heavy atom. The van der Waals surface area contributed by atoms with Gasteiger partial charge in [-0.15, -0.1) is 0 Å². The van der Waals surface area contributed by atoms with Crippen molar-refractivity contribution in [2.24, 2.45) is 0 Å². The quantitative estimate of drug-likeness (QED) is 0.836. The minimum Gasteiger partial charge on any atom is -0.399 e. The summed E-state index contributed by atoms with van der Waals surface area (Å²) in [6.45, 7) is 2.45. The van der Waals surface area contributed by atoms with Crippen molar-refractivity contribution in [2.45, 2.75) is 32.4 Å². The number of anilines is 2. The Morgan fingerprint density at radius 2 is 2.33 bits per heavy atom. The number of aryl methyl sites for hydroxylation is 2. The highest BCUT2D eigenvalue weighted by Crippen LogP contribution is 2.35. The molecular formula is C15H17BrN4O. The molecule has 2 aromatic rings. The summed E-state index contributed by atoms with van der Waals surface area (Å²) < 4.78 is 1.96. The van der Waals surface area contributed by atoms with E-state index in [2.05, 4.69) is 32.4 Å². The number of halogens is 1. The van der Waals surface area contributed by atoms with E-state index in [9.17, 15) is 4.79 Å². The van der Waals surface area contributed by atoms with Crippen LogP contribution < -0.4 is 16.6 Å². The minimum atomic E-state index is -0.113. The summed E-state index contributed by atoms with van der Waals surface area (Å²) in [5.74, 6) is 0. The summed E-state index contributed by atoms with van der Waals surface area (Å²) in [5, 5.41) is 7.57. The number of nitrogens with one attached hydrogen (secondary N) is 1. The molecule has 0 spiro atoms. The SMILES string of the molecule is CCn1ncc(NC2CCc3cc(N)ccc32)c(Br)c1=O. The zero-order valence-electron chi connectivity index (χ0n) is 11.8. The van der Waals surface area contributed by atoms with Crippen molar-refractivity contribution in [3.05, 3.63) is 50.3 Å². The second kappa shape index (κ2) is 5.52. The molecule has 3 N–H and O–H groups in total. The zero-order valence-corrected chi connectivity index (χ0v) is 13.4. The van der Waals surface area contributed by atoms with E-state index in [0.29, 0.717) is 11.0 Å². The van der Waals surface area contributed by atoms with Crippen molar-refractivity contribution < 1.29 is 0 Å². The predicted octanol–water partition coefficient (Wildman–Crippen LogP) is 2.71. The lowest BCUT2D eigenvalue weighted by Crippen LogP contribution is -2.24. The van der Waals surface area contributed by atoms with Crippen molar-refractivity contribution >= 4 is 27.3 Å². The van der Waals surface area contributed by atoms with Crippen LogP contribution in [0.25, 0.3) is 0 Å². The van der Waals surface area contributed by atoms with Crippen LogP contribution in [-0.4, -0.2) is 9.78 Å². The average molecular weight is 349 g/mol. The number of rotatable bonds is 3. The van der Waals surface area contributed by atoms with Crippen molar-refractivity contribution in [3.8, 4) is 0 Å². The topological polar surface area (TPSA) is 72.9 Å². The lowest BCUT2D eigenvalue weighted by atomic mass is 10.1. The smallest absolute Gasteiger partial charge is 0.283 e. The number of aromatic nitrogens is 2. The first kappa shape index (κ1) is 14.1. The van der Waals surface area contributed by atoms with E-state index in [-0.39, 0.29) is 11.6 Å². The lowest BCUT2D eigenvalue weighted by molar-refractivity contribution is 0.611. The van der Waals surface area contributed by atoms with Gasteiger partial charge in [0.05, 0.1) is 17.9 Å². The molecule has 1 atom stereocenters. The minimum absolute atomic E-state index is 0.113. The van der Waals surface area contributed by atoms with Crippen molar-refractivity contribution in [3.63, 3.8) is 0 Å². The molecule has 0 aliphatic heterocycles. The molecule has 1 unspecified atom stereocenters. The Kier molecular flexibility index (Phi) is 3.71. The number of fused-ring (bicyclic) bond motifs is 1. The molecule has 0 saturated carbocycles. The molecule has 21 heavy (non-hydrogen) atoms. The Morgan fingerprint density at radius 3 is 3.10 bits per heavy atom. The van der Waals surface area contributed by atoms with Gasteiger partial charge in [-0.3, -0.25) is 4.79 Å². The van der Waals surface area contributed by atoms with Gasteiger partial charge in [0.1, 0.15) is 4.47 Å². The van der Waals surface area contributed by atoms with Gasteiger partial charge in [0.2, 0.25) is 0 Å². The van der Waals surface area contributed by atoms with Crippen molar-refractivity contribution in [1.82, 2.24) is 9.78 Å². The maximum absolute atomic E-state index is 12.1. The average Bonchev–Trinajstić information content (AvgIpc) is 2.86. The first-order valence-electron chi connectivity index (χ1n) is 7.00. The fourth-order valence-corrected chi connectivity index (χ4v) is 3.19. The number of hydrogen-bond donors (Lipinski definition) is 2. The number of hydrogen-bond acceptors (Lipinski definition) is 4. The van der Waals surface area contributed by atoms with Crippen LogP contribution in [0.2, 0.25) is 0 Å². The number of benzene rings is 1. The molecule has 6 heteroatoms. The lowest BCUT2D eigenvalue weighted by Gasteiger charge is -2.17. The second-order valence-corrected chi connectivity index (χ2v) is 5.98. The van der Waals surface area contributed by atoms with E-state index in [4.69, 9.17) is 5.73 Å². The highest BCUT2D eigenvalue weighted by molar-refractivity contribution is 9.10. The fraction of sp³-hybridized carbons (Fsp3) is 0.333. The van der Waals surface area contributed by atoms with E-state index in [0.717, 1.165) is 24.2 Å². The summed E-state index contributed by atoms with van der Waals surface area (Å²) >= 11 is 3.37. The van der Waals surface area contributed by atoms with E-state index in [1.54, 1.807) is 6.20 Å². The Bertz CT molecular complexity index is 741. The third-order valence-electron chi connectivity index (χ3n) is 3.86. The molecule has 1 heterocycles. The summed E-state index contributed by atoms with van der Waals surface area (Å²) in [5.41, 5.74) is 9.76. The van der Waals surface area contributed by atoms with Crippen LogP contribution in [0, 0.1) is 0 Å². The maximum Gasteiger partial charge on any atom is 0.283 e. The molecule has 1 aliphatic carbocycles. The molecule has 0 fully saturated rings. The van der Waals surface area contributed by atoms with Crippen LogP contribution in [0.3, 0.4) is 0 Å². The van der Waals surface area contributed by atoms with Gasteiger partial charge >= 0.3 is 0 Å². The number of nitrogen functional groups attached to an aromatic ring is 1.